The molecule has 5 saturated heterocycles. The first-order valence-corrected chi connectivity index (χ1v) is 23.7. The number of amides is 5. The van der Waals surface area contributed by atoms with Crippen molar-refractivity contribution in [3.8, 4) is 17.0 Å². The zero-order valence-electron chi connectivity index (χ0n) is 39.0. The van der Waals surface area contributed by atoms with E-state index in [0.717, 1.165) is 97.2 Å². The van der Waals surface area contributed by atoms with E-state index in [0.29, 0.717) is 47.8 Å². The first kappa shape index (κ1) is 45.6. The number of nitrogens with one attached hydrogen (secondary N) is 3. The Morgan fingerprint density at radius 2 is 1.72 bits per heavy atom. The number of ether oxygens (including phenoxy) is 1. The number of likely N-dealkylation sites (tertiary alicyclic amines) is 1. The van der Waals surface area contributed by atoms with Gasteiger partial charge in [-0.2, -0.15) is 0 Å². The van der Waals surface area contributed by atoms with E-state index in [1.807, 2.05) is 44.4 Å². The molecule has 17 nitrogen and oxygen atoms in total. The van der Waals surface area contributed by atoms with Gasteiger partial charge in [-0.3, -0.25) is 39.1 Å². The van der Waals surface area contributed by atoms with E-state index in [9.17, 15) is 24.0 Å². The lowest BCUT2D eigenvalue weighted by molar-refractivity contribution is -0.136. The van der Waals surface area contributed by atoms with Crippen LogP contribution in [0.4, 0.5) is 33.1 Å². The summed E-state index contributed by atoms with van der Waals surface area (Å²) in [6.45, 7) is 9.48. The van der Waals surface area contributed by atoms with Crippen molar-refractivity contribution in [2.24, 2.45) is 13.0 Å². The third-order valence-electron chi connectivity index (χ3n) is 14.7. The summed E-state index contributed by atoms with van der Waals surface area (Å²) in [5.74, 6) is -1.93. The second-order valence-electron chi connectivity index (χ2n) is 18.8. The number of aromatic nitrogens is 3. The second-order valence-corrected chi connectivity index (χ2v) is 18.8. The van der Waals surface area contributed by atoms with E-state index in [4.69, 9.17) is 9.72 Å². The molecule has 0 spiro atoms. The van der Waals surface area contributed by atoms with Crippen LogP contribution in [0.25, 0.3) is 22.2 Å². The number of imide groups is 2. The van der Waals surface area contributed by atoms with Gasteiger partial charge in [0.2, 0.25) is 23.7 Å². The largest absolute Gasteiger partial charge is 0.494 e. The van der Waals surface area contributed by atoms with Crippen molar-refractivity contribution >= 4 is 69.1 Å². The number of anilines is 5. The lowest BCUT2D eigenvalue weighted by atomic mass is 9.87. The molecule has 3 N–H and O–H groups in total. The highest BCUT2D eigenvalue weighted by Crippen LogP contribution is 2.41. The molecule has 0 saturated carbocycles. The Labute approximate surface area is 399 Å². The van der Waals surface area contributed by atoms with Gasteiger partial charge in [0, 0.05) is 100 Å². The van der Waals surface area contributed by atoms with Crippen LogP contribution in [0.3, 0.4) is 0 Å². The van der Waals surface area contributed by atoms with Gasteiger partial charge in [-0.05, 0) is 87.5 Å². The molecule has 5 amide bonds. The molecule has 3 atom stereocenters. The summed E-state index contributed by atoms with van der Waals surface area (Å²) in [4.78, 5) is 83.3. The van der Waals surface area contributed by atoms with E-state index in [1.165, 1.54) is 12.1 Å². The molecule has 11 rings (SSSR count). The third-order valence-corrected chi connectivity index (χ3v) is 14.7. The number of halogens is 1. The Bertz CT molecular complexity index is 2900. The Kier molecular flexibility index (Phi) is 12.4. The number of piperidine rings is 4. The number of hydrogen-bond acceptors (Lipinski definition) is 13. The monoisotopic (exact) mass is 937 g/mol. The van der Waals surface area contributed by atoms with Gasteiger partial charge in [0.05, 0.1) is 46.7 Å². The molecule has 8 heterocycles. The van der Waals surface area contributed by atoms with Crippen molar-refractivity contribution in [1.82, 2.24) is 34.6 Å². The first-order valence-electron chi connectivity index (χ1n) is 23.7. The maximum atomic E-state index is 15.9. The average Bonchev–Trinajstić information content (AvgIpc) is 3.81. The highest BCUT2D eigenvalue weighted by molar-refractivity contribution is 6.23. The van der Waals surface area contributed by atoms with Gasteiger partial charge in [0.15, 0.2) is 0 Å². The first-order chi connectivity index (χ1) is 33.4. The van der Waals surface area contributed by atoms with Crippen molar-refractivity contribution in [1.29, 1.82) is 0 Å². The number of aryl methyl sites for hydroxylation is 1. The number of carbonyl (C=O) groups is 5. The quantitative estimate of drug-likeness (QED) is 0.0934. The Morgan fingerprint density at radius 1 is 0.957 bits per heavy atom. The number of piperazine rings is 1. The number of likely N-dealkylation sites (N-methyl/N-ethyl adjacent to an activating group) is 1. The van der Waals surface area contributed by atoms with Crippen molar-refractivity contribution < 1.29 is 33.1 Å². The zero-order chi connectivity index (χ0) is 48.1. The van der Waals surface area contributed by atoms with E-state index in [1.54, 1.807) is 13.3 Å². The third kappa shape index (κ3) is 8.78. The van der Waals surface area contributed by atoms with Gasteiger partial charge >= 0.3 is 0 Å². The summed E-state index contributed by atoms with van der Waals surface area (Å²) < 4.78 is 23.8. The molecule has 358 valence electrons. The molecule has 5 aromatic rings. The van der Waals surface area contributed by atoms with Crippen LogP contribution in [0.1, 0.15) is 59.2 Å². The number of methoxy groups -OCH3 is 1. The molecule has 2 bridgehead atoms. The van der Waals surface area contributed by atoms with Gasteiger partial charge in [-0.15, -0.1) is 0 Å². The predicted molar refractivity (Wildman–Crippen MR) is 260 cm³/mol. The molecular weight excluding hydrogens is 882 g/mol. The van der Waals surface area contributed by atoms with Crippen LogP contribution in [-0.4, -0.2) is 137 Å². The molecule has 69 heavy (non-hydrogen) atoms. The SMILES string of the molecule is C=CC(=O)Nc1cc(Nc2nccc(-c3cn(C)c4ccccc34)n2)c(OC)cc1N(C)CCN1CCC(CN2CC3CCC2CN3c2cc3c(cc2F)C(=O)N(C2CCC(=O)NC2=O)C3=O)CC1. The number of rotatable bonds is 14. The smallest absolute Gasteiger partial charge is 0.262 e. The van der Waals surface area contributed by atoms with Crippen LogP contribution in [0.2, 0.25) is 0 Å². The van der Waals surface area contributed by atoms with Crippen molar-refractivity contribution in [2.75, 3.05) is 80.4 Å². The second kappa shape index (κ2) is 18.7. The van der Waals surface area contributed by atoms with Crippen LogP contribution >= 0.6 is 0 Å². The average molecular weight is 938 g/mol. The fraction of sp³-hybridized carbons (Fsp3) is 0.392. The number of nitrogens with zero attached hydrogens (tertiary/aromatic N) is 8. The molecule has 5 fully saturated rings. The summed E-state index contributed by atoms with van der Waals surface area (Å²) in [6, 6.07) is 15.6. The molecule has 0 aliphatic carbocycles. The molecule has 3 unspecified atom stereocenters. The molecule has 6 aliphatic rings. The minimum atomic E-state index is -1.10. The van der Waals surface area contributed by atoms with Gasteiger partial charge in [0.1, 0.15) is 17.6 Å². The summed E-state index contributed by atoms with van der Waals surface area (Å²) in [6.07, 6.45) is 9.09. The minimum absolute atomic E-state index is 0.0160. The topological polar surface area (TPSA) is 178 Å². The van der Waals surface area contributed by atoms with Crippen LogP contribution in [0.5, 0.6) is 5.75 Å². The standard InChI is InChI=1S/C51H56FN11O6/c1-5-46(64)54-39-24-40(56-51-53-17-14-38(55-51)36-29-59(3)41-9-7-6-8-33(36)41)45(69-4)25-44(39)58(2)20-21-60-18-15-30(16-19-60)26-61-27-32-11-10-31(61)28-62(32)43-23-35-34(22-37(43)52)49(67)63(50(35)68)42-12-13-47(65)57-48(42)66/h5-9,14,17,22-25,29-32,42H,1,10-13,15-16,18-21,26-28H2,2-4H3,(H,54,64)(H,53,55,56)(H,57,65,66). The lowest BCUT2D eigenvalue weighted by Gasteiger charge is -2.53. The highest BCUT2D eigenvalue weighted by Gasteiger charge is 2.47. The summed E-state index contributed by atoms with van der Waals surface area (Å²) in [5.41, 5.74) is 5.17. The summed E-state index contributed by atoms with van der Waals surface area (Å²) in [7, 11) is 5.63. The predicted octanol–water partition coefficient (Wildman–Crippen LogP) is 5.55. The fourth-order valence-electron chi connectivity index (χ4n) is 10.9. The van der Waals surface area contributed by atoms with Crippen LogP contribution in [0.15, 0.2) is 79.6 Å². The van der Waals surface area contributed by atoms with Crippen molar-refractivity contribution in [3.05, 3.63) is 96.6 Å². The fourth-order valence-corrected chi connectivity index (χ4v) is 10.9. The van der Waals surface area contributed by atoms with Crippen LogP contribution < -0.4 is 30.5 Å². The van der Waals surface area contributed by atoms with Gasteiger partial charge in [0.25, 0.3) is 11.8 Å². The number of benzene rings is 3. The molecule has 18 heteroatoms. The summed E-state index contributed by atoms with van der Waals surface area (Å²) in [5, 5.41) is 9.61. The molecule has 2 aromatic heterocycles. The summed E-state index contributed by atoms with van der Waals surface area (Å²) >= 11 is 0. The molecular formula is C51H56FN11O6. The lowest BCUT2D eigenvalue weighted by Crippen LogP contribution is -2.63. The van der Waals surface area contributed by atoms with E-state index in [-0.39, 0.29) is 42.0 Å². The number of fused-ring (bicyclic) bond motifs is 5. The van der Waals surface area contributed by atoms with E-state index < -0.39 is 35.5 Å². The molecule has 3 aromatic carbocycles. The maximum Gasteiger partial charge on any atom is 0.262 e. The maximum absolute atomic E-state index is 15.9. The van der Waals surface area contributed by atoms with Gasteiger partial charge < -0.3 is 34.6 Å². The number of para-hydroxylation sites is 1. The zero-order valence-corrected chi connectivity index (χ0v) is 39.0. The van der Waals surface area contributed by atoms with Crippen LogP contribution in [0, 0.1) is 11.7 Å². The molecule has 0 radical (unpaired) electrons. The normalized spacial score (nSPS) is 20.9. The van der Waals surface area contributed by atoms with Gasteiger partial charge in [-0.25, -0.2) is 14.4 Å². The van der Waals surface area contributed by atoms with Gasteiger partial charge in [-0.1, -0.05) is 24.8 Å². The van der Waals surface area contributed by atoms with Crippen LogP contribution in [-0.2, 0) is 21.4 Å². The van der Waals surface area contributed by atoms with Crippen molar-refractivity contribution in [2.45, 2.75) is 56.7 Å². The van der Waals surface area contributed by atoms with E-state index in [2.05, 4.69) is 70.0 Å². The number of carbonyl (C=O) groups excluding carboxylic acids is 5. The van der Waals surface area contributed by atoms with E-state index >= 15 is 4.39 Å². The van der Waals surface area contributed by atoms with Crippen molar-refractivity contribution in [3.63, 3.8) is 0 Å². The Balaban J connectivity index is 0.748. The molecule has 6 aliphatic heterocycles. The Morgan fingerprint density at radius 3 is 2.46 bits per heavy atom. The minimum Gasteiger partial charge on any atom is -0.494 e. The number of hydrogen-bond donors (Lipinski definition) is 3. The Hall–Kier alpha value is -7.18. The highest BCUT2D eigenvalue weighted by atomic mass is 19.1.